The lowest BCUT2D eigenvalue weighted by Gasteiger charge is -2.61. The standard InChI is InChI=1S/C42H43ClFN9O6/c43-31-15-28(4-1-25(31)18-45)59-27-5-2-26(3-6-27)46-38(55)33-7-9-36(49-48-33)52-22-42(23-52)20-50(21-42)19-24-11-13-51(14-12-24)35-17-30-29(16-32(35)44)40(57)53(41(30)58)34-8-10-37(54)47-39(34)56/h1,4,7,9,15-17,24,26-27,34H,2-3,5-6,8,10-14,19-23H2,(H,46,55)(H,47,54,56). The van der Waals surface area contributed by atoms with Crippen molar-refractivity contribution in [2.45, 2.75) is 69.6 Å². The van der Waals surface area contributed by atoms with Gasteiger partial charge < -0.3 is 24.8 Å². The summed E-state index contributed by atoms with van der Waals surface area (Å²) in [5.74, 6) is -1.49. The van der Waals surface area contributed by atoms with Crippen LogP contribution in [-0.2, 0) is 9.59 Å². The van der Waals surface area contributed by atoms with Crippen LogP contribution in [0.1, 0.15) is 88.1 Å². The van der Waals surface area contributed by atoms with Crippen molar-refractivity contribution in [3.8, 4) is 11.8 Å². The maximum Gasteiger partial charge on any atom is 0.272 e. The quantitative estimate of drug-likeness (QED) is 0.299. The monoisotopic (exact) mass is 823 g/mol. The van der Waals surface area contributed by atoms with Crippen LogP contribution < -0.4 is 25.2 Å². The van der Waals surface area contributed by atoms with Gasteiger partial charge in [0.15, 0.2) is 11.5 Å². The molecule has 1 atom stereocenters. The van der Waals surface area contributed by atoms with Crippen LogP contribution in [0.3, 0.4) is 0 Å². The first kappa shape index (κ1) is 38.8. The van der Waals surface area contributed by atoms with E-state index in [1.165, 1.54) is 6.07 Å². The number of hydrogen-bond donors (Lipinski definition) is 2. The molecule has 306 valence electrons. The number of nitrogens with one attached hydrogen (secondary N) is 2. The summed E-state index contributed by atoms with van der Waals surface area (Å²) in [7, 11) is 0. The van der Waals surface area contributed by atoms with Crippen LogP contribution in [0, 0.1) is 28.5 Å². The Balaban J connectivity index is 0.694. The van der Waals surface area contributed by atoms with Crippen molar-refractivity contribution in [1.29, 1.82) is 5.26 Å². The Kier molecular flexibility index (Phi) is 10.2. The smallest absolute Gasteiger partial charge is 0.272 e. The number of amides is 5. The van der Waals surface area contributed by atoms with Gasteiger partial charge in [-0.05, 0) is 87.3 Å². The van der Waals surface area contributed by atoms with Gasteiger partial charge in [-0.1, -0.05) is 11.6 Å². The third kappa shape index (κ3) is 7.57. The zero-order chi connectivity index (χ0) is 41.0. The van der Waals surface area contributed by atoms with E-state index in [0.29, 0.717) is 35.3 Å². The lowest BCUT2D eigenvalue weighted by atomic mass is 9.72. The molecule has 2 aromatic carbocycles. The number of ether oxygens (including phenoxy) is 1. The van der Waals surface area contributed by atoms with Crippen molar-refractivity contribution in [1.82, 2.24) is 30.6 Å². The molecule has 3 aromatic rings. The van der Waals surface area contributed by atoms with Crippen molar-refractivity contribution in [2.75, 3.05) is 55.6 Å². The van der Waals surface area contributed by atoms with E-state index in [4.69, 9.17) is 21.6 Å². The summed E-state index contributed by atoms with van der Waals surface area (Å²) >= 11 is 6.14. The number of rotatable bonds is 9. The van der Waals surface area contributed by atoms with Crippen LogP contribution in [-0.4, -0.2) is 114 Å². The third-order valence-electron chi connectivity index (χ3n) is 12.7. The Hall–Kier alpha value is -5.66. The van der Waals surface area contributed by atoms with Gasteiger partial charge in [0.1, 0.15) is 23.7 Å². The van der Waals surface area contributed by atoms with E-state index >= 15 is 4.39 Å². The fraction of sp³-hybridized carbons (Fsp3) is 0.476. The molecule has 1 saturated carbocycles. The number of piperidine rings is 2. The first-order valence-electron chi connectivity index (χ1n) is 20.2. The Morgan fingerprint density at radius 1 is 0.915 bits per heavy atom. The number of likely N-dealkylation sites (tertiary alicyclic amines) is 1. The zero-order valence-electron chi connectivity index (χ0n) is 32.3. The number of anilines is 2. The second kappa shape index (κ2) is 15.5. The van der Waals surface area contributed by atoms with Gasteiger partial charge in [0, 0.05) is 69.8 Å². The van der Waals surface area contributed by atoms with Gasteiger partial charge in [-0.25, -0.2) is 4.39 Å². The van der Waals surface area contributed by atoms with E-state index in [1.807, 2.05) is 17.0 Å². The molecular weight excluding hydrogens is 781 g/mol. The van der Waals surface area contributed by atoms with E-state index in [9.17, 15) is 24.0 Å². The van der Waals surface area contributed by atoms with Gasteiger partial charge in [0.25, 0.3) is 17.7 Å². The Labute approximate surface area is 344 Å². The highest BCUT2D eigenvalue weighted by molar-refractivity contribution is 6.31. The van der Waals surface area contributed by atoms with Crippen LogP contribution >= 0.6 is 11.6 Å². The molecule has 5 amide bonds. The Bertz CT molecular complexity index is 2260. The molecule has 1 aliphatic carbocycles. The lowest BCUT2D eigenvalue weighted by Crippen LogP contribution is -2.72. The molecule has 1 unspecified atom stereocenters. The van der Waals surface area contributed by atoms with Gasteiger partial charge in [0.05, 0.1) is 33.5 Å². The van der Waals surface area contributed by atoms with E-state index in [-0.39, 0.29) is 58.8 Å². The minimum atomic E-state index is -1.10. The number of fused-ring (bicyclic) bond motifs is 1. The van der Waals surface area contributed by atoms with Crippen molar-refractivity contribution >= 4 is 52.6 Å². The summed E-state index contributed by atoms with van der Waals surface area (Å²) in [6.45, 7) is 5.93. The molecule has 5 aliphatic heterocycles. The van der Waals surface area contributed by atoms with Gasteiger partial charge in [0.2, 0.25) is 11.8 Å². The third-order valence-corrected chi connectivity index (χ3v) is 13.0. The average Bonchev–Trinajstić information content (AvgIpc) is 3.43. The number of imide groups is 2. The summed E-state index contributed by atoms with van der Waals surface area (Å²) < 4.78 is 21.5. The second-order valence-electron chi connectivity index (χ2n) is 16.8. The summed E-state index contributed by atoms with van der Waals surface area (Å²) in [6, 6.07) is 12.2. The van der Waals surface area contributed by atoms with Crippen LogP contribution in [0.4, 0.5) is 15.9 Å². The number of benzene rings is 2. The lowest BCUT2D eigenvalue weighted by molar-refractivity contribution is -0.136. The van der Waals surface area contributed by atoms with E-state index in [1.54, 1.807) is 24.3 Å². The van der Waals surface area contributed by atoms with Crippen molar-refractivity contribution in [2.24, 2.45) is 11.3 Å². The Morgan fingerprint density at radius 2 is 1.64 bits per heavy atom. The summed E-state index contributed by atoms with van der Waals surface area (Å²) in [5.41, 5.74) is 1.21. The molecular formula is C42H43ClFN9O6. The second-order valence-corrected chi connectivity index (χ2v) is 17.3. The molecule has 6 aliphatic rings. The molecule has 15 nitrogen and oxygen atoms in total. The van der Waals surface area contributed by atoms with Crippen LogP contribution in [0.2, 0.25) is 5.02 Å². The zero-order valence-corrected chi connectivity index (χ0v) is 33.0. The molecule has 1 spiro atoms. The number of carbonyl (C=O) groups is 5. The predicted molar refractivity (Wildman–Crippen MR) is 211 cm³/mol. The van der Waals surface area contributed by atoms with Gasteiger partial charge in [-0.2, -0.15) is 5.26 Å². The van der Waals surface area contributed by atoms with Crippen molar-refractivity contribution in [3.05, 3.63) is 75.7 Å². The normalized spacial score (nSPS) is 24.3. The summed E-state index contributed by atoms with van der Waals surface area (Å²) in [4.78, 5) is 70.8. The SMILES string of the molecule is N#Cc1ccc(OC2CCC(NC(=O)c3ccc(N4CC5(CN(CC6CCN(c7cc8c(cc7F)C(=O)N(C7CCC(=O)NC7=O)C8=O)CC6)C5)C4)nn3)CC2)cc1Cl. The van der Waals surface area contributed by atoms with Crippen LogP contribution in [0.15, 0.2) is 42.5 Å². The number of aromatic nitrogens is 2. The molecule has 59 heavy (non-hydrogen) atoms. The first-order chi connectivity index (χ1) is 28.5. The number of halogens is 2. The van der Waals surface area contributed by atoms with Crippen molar-refractivity contribution < 1.29 is 33.1 Å². The van der Waals surface area contributed by atoms with Gasteiger partial charge in [-0.3, -0.25) is 34.2 Å². The van der Waals surface area contributed by atoms with E-state index < -0.39 is 35.5 Å². The number of hydrogen-bond acceptors (Lipinski definition) is 12. The van der Waals surface area contributed by atoms with Crippen LogP contribution in [0.5, 0.6) is 5.75 Å². The number of nitrogens with zero attached hydrogens (tertiary/aromatic N) is 7. The minimum absolute atomic E-state index is 0.0107. The maximum absolute atomic E-state index is 15.4. The van der Waals surface area contributed by atoms with E-state index in [2.05, 4.69) is 30.6 Å². The first-order valence-corrected chi connectivity index (χ1v) is 20.6. The molecule has 0 bridgehead atoms. The highest BCUT2D eigenvalue weighted by Crippen LogP contribution is 2.42. The van der Waals surface area contributed by atoms with E-state index in [0.717, 1.165) is 88.0 Å². The molecule has 0 radical (unpaired) electrons. The molecule has 17 heteroatoms. The highest BCUT2D eigenvalue weighted by atomic mass is 35.5. The molecule has 4 saturated heterocycles. The Morgan fingerprint density at radius 3 is 2.31 bits per heavy atom. The van der Waals surface area contributed by atoms with Gasteiger partial charge >= 0.3 is 0 Å². The fourth-order valence-corrected chi connectivity index (χ4v) is 9.86. The average molecular weight is 824 g/mol. The molecule has 9 rings (SSSR count). The van der Waals surface area contributed by atoms with Gasteiger partial charge in [-0.15, -0.1) is 10.2 Å². The highest BCUT2D eigenvalue weighted by Gasteiger charge is 2.52. The fourth-order valence-electron chi connectivity index (χ4n) is 9.65. The number of carbonyl (C=O) groups excluding carboxylic acids is 5. The molecule has 2 N–H and O–H groups in total. The largest absolute Gasteiger partial charge is 0.490 e. The molecule has 1 aromatic heterocycles. The molecule has 5 fully saturated rings. The predicted octanol–water partition coefficient (Wildman–Crippen LogP) is 3.70. The number of nitriles is 1. The molecule has 6 heterocycles. The maximum atomic E-state index is 15.4. The summed E-state index contributed by atoms with van der Waals surface area (Å²) in [6.07, 6.45) is 4.91. The summed E-state index contributed by atoms with van der Waals surface area (Å²) in [5, 5.41) is 23.3. The minimum Gasteiger partial charge on any atom is -0.490 e. The van der Waals surface area contributed by atoms with Crippen molar-refractivity contribution in [3.63, 3.8) is 0 Å². The van der Waals surface area contributed by atoms with Crippen LogP contribution in [0.25, 0.3) is 0 Å². The topological polar surface area (TPSA) is 181 Å².